The Morgan fingerprint density at radius 3 is 1.90 bits per heavy atom. The SMILES string of the molecule is CC(C)(C)c1cccc(C=Nn2c3ccccc3c3ccccc32)c1O.[Cl][Zr][Cl]. The molecule has 0 spiro atoms. The Hall–Kier alpha value is -1.61. The van der Waals surface area contributed by atoms with Crippen molar-refractivity contribution in [1.29, 1.82) is 0 Å². The number of benzene rings is 3. The molecule has 0 saturated carbocycles. The van der Waals surface area contributed by atoms with Gasteiger partial charge in [-0.3, -0.25) is 0 Å². The molecule has 0 amide bonds. The number of aromatic nitrogens is 1. The summed E-state index contributed by atoms with van der Waals surface area (Å²) in [5.74, 6) is 0.296. The van der Waals surface area contributed by atoms with Gasteiger partial charge >= 0.3 is 37.9 Å². The first kappa shape index (κ1) is 22.1. The van der Waals surface area contributed by atoms with Gasteiger partial charge in [0, 0.05) is 16.3 Å². The monoisotopic (exact) mass is 502 g/mol. The van der Waals surface area contributed by atoms with Gasteiger partial charge in [0.2, 0.25) is 0 Å². The van der Waals surface area contributed by atoms with Gasteiger partial charge < -0.3 is 5.11 Å². The van der Waals surface area contributed by atoms with Crippen molar-refractivity contribution >= 4 is 45.0 Å². The first-order valence-electron chi connectivity index (χ1n) is 9.19. The molecule has 0 aliphatic rings. The molecule has 0 aliphatic carbocycles. The molecule has 1 heterocycles. The van der Waals surface area contributed by atoms with E-state index in [4.69, 9.17) is 22.1 Å². The second kappa shape index (κ2) is 9.47. The Balaban J connectivity index is 0.000000755. The number of phenolic OH excluding ortho intramolecular Hbond substituents is 1. The fourth-order valence-corrected chi connectivity index (χ4v) is 3.42. The van der Waals surface area contributed by atoms with E-state index in [-0.39, 0.29) is 5.41 Å². The van der Waals surface area contributed by atoms with Crippen molar-refractivity contribution in [2.75, 3.05) is 0 Å². The molecule has 148 valence electrons. The van der Waals surface area contributed by atoms with Crippen LogP contribution < -0.4 is 0 Å². The van der Waals surface area contributed by atoms with Gasteiger partial charge in [-0.05, 0) is 29.2 Å². The van der Waals surface area contributed by atoms with Crippen molar-refractivity contribution in [2.24, 2.45) is 5.10 Å². The van der Waals surface area contributed by atoms with Crippen molar-refractivity contribution in [3.63, 3.8) is 0 Å². The van der Waals surface area contributed by atoms with Gasteiger partial charge in [0.25, 0.3) is 0 Å². The van der Waals surface area contributed by atoms with Gasteiger partial charge in [0.05, 0.1) is 17.2 Å². The van der Waals surface area contributed by atoms with E-state index < -0.39 is 20.8 Å². The average molecular weight is 505 g/mol. The molecule has 3 nitrogen and oxygen atoms in total. The van der Waals surface area contributed by atoms with E-state index in [2.05, 4.69) is 45.0 Å². The predicted octanol–water partition coefficient (Wildman–Crippen LogP) is 7.06. The summed E-state index contributed by atoms with van der Waals surface area (Å²) in [5.41, 5.74) is 3.62. The number of nitrogens with zero attached hydrogens (tertiary/aromatic N) is 2. The van der Waals surface area contributed by atoms with Crippen molar-refractivity contribution < 1.29 is 26.0 Å². The third-order valence-corrected chi connectivity index (χ3v) is 4.74. The minimum atomic E-state index is -0.826. The molecule has 6 heteroatoms. The molecule has 0 radical (unpaired) electrons. The van der Waals surface area contributed by atoms with Crippen LogP contribution in [0.3, 0.4) is 0 Å². The quantitative estimate of drug-likeness (QED) is 0.292. The maximum atomic E-state index is 10.7. The Bertz CT molecular complexity index is 1110. The Kier molecular flexibility index (Phi) is 7.21. The molecule has 1 aromatic heterocycles. The van der Waals surface area contributed by atoms with E-state index >= 15 is 0 Å². The zero-order valence-corrected chi connectivity index (χ0v) is 20.5. The molecule has 4 rings (SSSR count). The summed E-state index contributed by atoms with van der Waals surface area (Å²) in [6.45, 7) is 6.28. The molecule has 0 saturated heterocycles. The van der Waals surface area contributed by atoms with E-state index in [1.54, 1.807) is 6.21 Å². The van der Waals surface area contributed by atoms with Gasteiger partial charge in [-0.25, -0.2) is 4.68 Å². The number of hydrogen-bond acceptors (Lipinski definition) is 2. The number of fused-ring (bicyclic) bond motifs is 3. The standard InChI is InChI=1S/C23H22N2O.2ClH.Zr/c1-23(2,3)19-12-8-9-16(22(19)26)15-24-25-20-13-6-4-10-17(20)18-11-5-7-14-21(18)25;;;/h4-15,26H,1-3H3;2*1H;/q;;;+2/p-2. The summed E-state index contributed by atoms with van der Waals surface area (Å²) in [7, 11) is 9.87. The molecule has 29 heavy (non-hydrogen) atoms. The Labute approximate surface area is 189 Å². The van der Waals surface area contributed by atoms with E-state index in [0.717, 1.165) is 22.2 Å². The molecule has 0 bridgehead atoms. The summed E-state index contributed by atoms with van der Waals surface area (Å²) in [5, 5.41) is 17.7. The summed E-state index contributed by atoms with van der Waals surface area (Å²) in [6, 6.07) is 22.3. The summed E-state index contributed by atoms with van der Waals surface area (Å²) in [6.07, 6.45) is 1.74. The fourth-order valence-electron chi connectivity index (χ4n) is 3.42. The van der Waals surface area contributed by atoms with Crippen LogP contribution in [0.2, 0.25) is 0 Å². The van der Waals surface area contributed by atoms with E-state index in [0.29, 0.717) is 5.75 Å². The van der Waals surface area contributed by atoms with Crippen LogP contribution in [-0.4, -0.2) is 16.0 Å². The average Bonchev–Trinajstić information content (AvgIpc) is 3.01. The molecule has 0 fully saturated rings. The van der Waals surface area contributed by atoms with E-state index in [1.165, 1.54) is 10.8 Å². The molecule has 0 aliphatic heterocycles. The second-order valence-corrected chi connectivity index (χ2v) is 11.4. The molecule has 1 N–H and O–H groups in total. The number of hydrogen-bond donors (Lipinski definition) is 1. The van der Waals surface area contributed by atoms with Crippen LogP contribution >= 0.6 is 17.0 Å². The molecule has 3 aromatic carbocycles. The topological polar surface area (TPSA) is 37.5 Å². The molecule has 0 unspecified atom stereocenters. The summed E-state index contributed by atoms with van der Waals surface area (Å²) >= 11 is -0.826. The zero-order valence-electron chi connectivity index (χ0n) is 16.5. The molecular formula is C23H22Cl2N2OZr. The second-order valence-electron chi connectivity index (χ2n) is 7.66. The molecule has 4 aromatic rings. The van der Waals surface area contributed by atoms with Crippen LogP contribution in [0.4, 0.5) is 0 Å². The van der Waals surface area contributed by atoms with Crippen LogP contribution in [0.5, 0.6) is 5.75 Å². The summed E-state index contributed by atoms with van der Waals surface area (Å²) < 4.78 is 1.94. The number of aromatic hydroxyl groups is 1. The number of rotatable bonds is 2. The van der Waals surface area contributed by atoms with Crippen LogP contribution in [0.25, 0.3) is 21.8 Å². The normalized spacial score (nSPS) is 11.6. The number of phenols is 1. The number of halogens is 2. The van der Waals surface area contributed by atoms with Gasteiger partial charge in [0.1, 0.15) is 5.75 Å². The van der Waals surface area contributed by atoms with Crippen molar-refractivity contribution in [2.45, 2.75) is 26.2 Å². The van der Waals surface area contributed by atoms with Crippen LogP contribution in [0, 0.1) is 0 Å². The van der Waals surface area contributed by atoms with Crippen LogP contribution in [-0.2, 0) is 26.3 Å². The third-order valence-electron chi connectivity index (χ3n) is 4.74. The third kappa shape index (κ3) is 4.77. The van der Waals surface area contributed by atoms with Gasteiger partial charge in [-0.15, -0.1) is 0 Å². The van der Waals surface area contributed by atoms with Crippen LogP contribution in [0.15, 0.2) is 71.8 Å². The first-order valence-corrected chi connectivity index (χ1v) is 15.5. The molecule has 0 atom stereocenters. The number of para-hydroxylation sites is 3. The Morgan fingerprint density at radius 2 is 1.38 bits per heavy atom. The Morgan fingerprint density at radius 1 is 0.862 bits per heavy atom. The van der Waals surface area contributed by atoms with E-state index in [1.807, 2.05) is 47.1 Å². The van der Waals surface area contributed by atoms with Gasteiger partial charge in [-0.1, -0.05) is 69.3 Å². The predicted molar refractivity (Wildman–Crippen MR) is 121 cm³/mol. The fraction of sp³-hybridized carbons (Fsp3) is 0.174. The summed E-state index contributed by atoms with van der Waals surface area (Å²) in [4.78, 5) is 0. The van der Waals surface area contributed by atoms with E-state index in [9.17, 15) is 5.11 Å². The van der Waals surface area contributed by atoms with Crippen molar-refractivity contribution in [1.82, 2.24) is 4.68 Å². The minimum absolute atomic E-state index is 0.124. The van der Waals surface area contributed by atoms with Crippen molar-refractivity contribution in [3.8, 4) is 5.75 Å². The first-order chi connectivity index (χ1) is 13.9. The van der Waals surface area contributed by atoms with Crippen LogP contribution in [0.1, 0.15) is 31.9 Å². The maximum absolute atomic E-state index is 10.7. The van der Waals surface area contributed by atoms with Gasteiger partial charge in [-0.2, -0.15) is 5.10 Å². The van der Waals surface area contributed by atoms with Gasteiger partial charge in [0.15, 0.2) is 0 Å². The molecular weight excluding hydrogens is 482 g/mol. The van der Waals surface area contributed by atoms with Crippen molar-refractivity contribution in [3.05, 3.63) is 77.9 Å². The zero-order chi connectivity index (χ0) is 21.0.